The van der Waals surface area contributed by atoms with E-state index in [0.29, 0.717) is 10.7 Å². The van der Waals surface area contributed by atoms with Gasteiger partial charge in [-0.05, 0) is 23.8 Å². The van der Waals surface area contributed by atoms with Gasteiger partial charge in [-0.25, -0.2) is 14.6 Å². The maximum absolute atomic E-state index is 11.7. The number of aromatic nitrogens is 1. The van der Waals surface area contributed by atoms with Crippen LogP contribution in [-0.2, 0) is 6.54 Å². The number of anilines is 1. The van der Waals surface area contributed by atoms with Crippen molar-refractivity contribution in [1.82, 2.24) is 10.3 Å². The van der Waals surface area contributed by atoms with E-state index in [1.54, 1.807) is 6.07 Å². The molecule has 2 aromatic rings. The Morgan fingerprint density at radius 2 is 1.95 bits per heavy atom. The first kappa shape index (κ1) is 14.8. The fraction of sp³-hybridized carbons (Fsp3) is 0.0714. The number of urea groups is 1. The third kappa shape index (κ3) is 4.19. The third-order valence-corrected chi connectivity index (χ3v) is 3.01. The largest absolute Gasteiger partial charge is 0.477 e. The summed E-state index contributed by atoms with van der Waals surface area (Å²) in [5.41, 5.74) is 1.11. The molecule has 0 unspecified atom stereocenters. The molecule has 0 aliphatic heterocycles. The lowest BCUT2D eigenvalue weighted by atomic mass is 10.2. The second-order valence-electron chi connectivity index (χ2n) is 4.14. The molecule has 7 heteroatoms. The molecule has 0 radical (unpaired) electrons. The van der Waals surface area contributed by atoms with Gasteiger partial charge in [0, 0.05) is 11.6 Å². The van der Waals surface area contributed by atoms with Gasteiger partial charge in [-0.15, -0.1) is 0 Å². The molecule has 1 heterocycles. The molecular formula is C14H12ClN3O3. The number of carboxylic acids is 1. The first-order valence-electron chi connectivity index (χ1n) is 6.04. The Hall–Kier alpha value is -2.60. The summed E-state index contributed by atoms with van der Waals surface area (Å²) in [7, 11) is 0. The Balaban J connectivity index is 1.90. The van der Waals surface area contributed by atoms with Gasteiger partial charge < -0.3 is 15.7 Å². The summed E-state index contributed by atoms with van der Waals surface area (Å²) in [6.45, 7) is 0.284. The van der Waals surface area contributed by atoms with Gasteiger partial charge in [-0.1, -0.05) is 29.8 Å². The quantitative estimate of drug-likeness (QED) is 0.810. The lowest BCUT2D eigenvalue weighted by molar-refractivity contribution is 0.0690. The molecule has 6 nitrogen and oxygen atoms in total. The van der Waals surface area contributed by atoms with Crippen molar-refractivity contribution in [3.63, 3.8) is 0 Å². The van der Waals surface area contributed by atoms with Crippen LogP contribution in [0.1, 0.15) is 16.1 Å². The van der Waals surface area contributed by atoms with Gasteiger partial charge in [-0.3, -0.25) is 0 Å². The van der Waals surface area contributed by atoms with Crippen molar-refractivity contribution < 1.29 is 14.7 Å². The highest BCUT2D eigenvalue weighted by Crippen LogP contribution is 2.14. The zero-order valence-electron chi connectivity index (χ0n) is 10.8. The first-order chi connectivity index (χ1) is 10.1. The van der Waals surface area contributed by atoms with Crippen LogP contribution in [0.3, 0.4) is 0 Å². The molecule has 21 heavy (non-hydrogen) atoms. The van der Waals surface area contributed by atoms with Crippen molar-refractivity contribution in [3.05, 3.63) is 58.9 Å². The molecule has 0 saturated carbocycles. The number of rotatable bonds is 4. The van der Waals surface area contributed by atoms with Crippen molar-refractivity contribution in [2.24, 2.45) is 0 Å². The molecule has 2 amide bonds. The molecule has 0 fully saturated rings. The molecule has 3 N–H and O–H groups in total. The average Bonchev–Trinajstić information content (AvgIpc) is 2.47. The summed E-state index contributed by atoms with van der Waals surface area (Å²) in [4.78, 5) is 26.1. The van der Waals surface area contributed by atoms with E-state index >= 15 is 0 Å². The Morgan fingerprint density at radius 3 is 2.57 bits per heavy atom. The number of halogens is 1. The summed E-state index contributed by atoms with van der Waals surface area (Å²) in [6, 6.07) is 9.53. The lowest BCUT2D eigenvalue weighted by Gasteiger charge is -2.08. The number of pyridine rings is 1. The van der Waals surface area contributed by atoms with Crippen molar-refractivity contribution in [1.29, 1.82) is 0 Å². The van der Waals surface area contributed by atoms with Crippen LogP contribution in [0.25, 0.3) is 0 Å². The predicted octanol–water partition coefficient (Wildman–Crippen LogP) is 2.75. The Kier molecular flexibility index (Phi) is 4.73. The molecule has 0 aliphatic carbocycles. The highest BCUT2D eigenvalue weighted by molar-refractivity contribution is 6.31. The zero-order valence-corrected chi connectivity index (χ0v) is 11.6. The van der Waals surface area contributed by atoms with E-state index in [0.717, 1.165) is 5.56 Å². The summed E-state index contributed by atoms with van der Waals surface area (Å²) in [5, 5.41) is 14.5. The highest BCUT2D eigenvalue weighted by Gasteiger charge is 2.06. The van der Waals surface area contributed by atoms with E-state index in [1.807, 2.05) is 18.2 Å². The second kappa shape index (κ2) is 6.71. The summed E-state index contributed by atoms with van der Waals surface area (Å²) in [5.74, 6) is -1.12. The minimum Gasteiger partial charge on any atom is -0.477 e. The standard InChI is InChI=1S/C14H12ClN3O3/c15-11-4-2-1-3-9(11)7-17-14(21)18-10-5-6-12(13(19)20)16-8-10/h1-6,8H,7H2,(H,19,20)(H2,17,18,21). The monoisotopic (exact) mass is 305 g/mol. The van der Waals surface area contributed by atoms with Crippen LogP contribution in [0, 0.1) is 0 Å². The van der Waals surface area contributed by atoms with Gasteiger partial charge >= 0.3 is 12.0 Å². The smallest absolute Gasteiger partial charge is 0.354 e. The Labute approximate surface area is 125 Å². The third-order valence-electron chi connectivity index (χ3n) is 2.64. The van der Waals surface area contributed by atoms with Gasteiger partial charge in [0.1, 0.15) is 5.69 Å². The minimum atomic E-state index is -1.12. The topological polar surface area (TPSA) is 91.3 Å². The van der Waals surface area contributed by atoms with Crippen LogP contribution in [0.15, 0.2) is 42.6 Å². The second-order valence-corrected chi connectivity index (χ2v) is 4.54. The SMILES string of the molecule is O=C(NCc1ccccc1Cl)Nc1ccc(C(=O)O)nc1. The average molecular weight is 306 g/mol. The minimum absolute atomic E-state index is 0.0861. The molecule has 0 aliphatic rings. The number of hydrogen-bond donors (Lipinski definition) is 3. The molecule has 0 atom stereocenters. The van der Waals surface area contributed by atoms with Crippen molar-refractivity contribution in [2.45, 2.75) is 6.54 Å². The molecule has 2 rings (SSSR count). The Morgan fingerprint density at radius 1 is 1.19 bits per heavy atom. The van der Waals surface area contributed by atoms with E-state index < -0.39 is 12.0 Å². The van der Waals surface area contributed by atoms with Crippen molar-refractivity contribution in [3.8, 4) is 0 Å². The lowest BCUT2D eigenvalue weighted by Crippen LogP contribution is -2.28. The van der Waals surface area contributed by atoms with Crippen LogP contribution in [0.4, 0.5) is 10.5 Å². The molecule has 1 aromatic carbocycles. The number of nitrogens with zero attached hydrogens (tertiary/aromatic N) is 1. The zero-order chi connectivity index (χ0) is 15.2. The molecular weight excluding hydrogens is 294 g/mol. The van der Waals surface area contributed by atoms with Gasteiger partial charge in [0.15, 0.2) is 0 Å². The van der Waals surface area contributed by atoms with E-state index in [4.69, 9.17) is 16.7 Å². The normalized spacial score (nSPS) is 9.95. The maximum Gasteiger partial charge on any atom is 0.354 e. The number of carbonyl (C=O) groups excluding carboxylic acids is 1. The fourth-order valence-electron chi connectivity index (χ4n) is 1.59. The molecule has 0 spiro atoms. The summed E-state index contributed by atoms with van der Waals surface area (Å²) >= 11 is 5.98. The fourth-order valence-corrected chi connectivity index (χ4v) is 1.79. The number of aromatic carboxylic acids is 1. The van der Waals surface area contributed by atoms with Gasteiger partial charge in [0.05, 0.1) is 11.9 Å². The number of amides is 2. The van der Waals surface area contributed by atoms with Crippen LogP contribution in [0.2, 0.25) is 5.02 Å². The van der Waals surface area contributed by atoms with E-state index in [1.165, 1.54) is 18.3 Å². The summed E-state index contributed by atoms with van der Waals surface area (Å²) in [6.07, 6.45) is 1.28. The van der Waals surface area contributed by atoms with Crippen LogP contribution in [0.5, 0.6) is 0 Å². The van der Waals surface area contributed by atoms with Crippen molar-refractivity contribution in [2.75, 3.05) is 5.32 Å². The number of nitrogens with one attached hydrogen (secondary N) is 2. The number of carboxylic acid groups (broad SMARTS) is 1. The first-order valence-corrected chi connectivity index (χ1v) is 6.41. The molecule has 0 saturated heterocycles. The van der Waals surface area contributed by atoms with E-state index in [2.05, 4.69) is 15.6 Å². The Bertz CT molecular complexity index is 659. The predicted molar refractivity (Wildman–Crippen MR) is 78.5 cm³/mol. The molecule has 0 bridgehead atoms. The van der Waals surface area contributed by atoms with Gasteiger partial charge in [0.2, 0.25) is 0 Å². The maximum atomic E-state index is 11.7. The molecule has 1 aromatic heterocycles. The number of carbonyl (C=O) groups is 2. The van der Waals surface area contributed by atoms with Gasteiger partial charge in [0.25, 0.3) is 0 Å². The number of benzene rings is 1. The van der Waals surface area contributed by atoms with Crippen molar-refractivity contribution >= 4 is 29.3 Å². The summed E-state index contributed by atoms with van der Waals surface area (Å²) < 4.78 is 0. The number of hydrogen-bond acceptors (Lipinski definition) is 3. The highest BCUT2D eigenvalue weighted by atomic mass is 35.5. The van der Waals surface area contributed by atoms with Crippen LogP contribution >= 0.6 is 11.6 Å². The van der Waals surface area contributed by atoms with E-state index in [-0.39, 0.29) is 12.2 Å². The van der Waals surface area contributed by atoms with Crippen LogP contribution in [-0.4, -0.2) is 22.1 Å². The van der Waals surface area contributed by atoms with Crippen LogP contribution < -0.4 is 10.6 Å². The van der Waals surface area contributed by atoms with Gasteiger partial charge in [-0.2, -0.15) is 0 Å². The van der Waals surface area contributed by atoms with E-state index in [9.17, 15) is 9.59 Å². The molecule has 108 valence electrons.